The third-order valence-electron chi connectivity index (χ3n) is 9.08. The zero-order chi connectivity index (χ0) is 34.9. The molecule has 0 unspecified atom stereocenters. The number of anilines is 2. The van der Waals surface area contributed by atoms with Crippen LogP contribution in [0.5, 0.6) is 11.5 Å². The van der Waals surface area contributed by atoms with Gasteiger partial charge < -0.3 is 25.0 Å². The van der Waals surface area contributed by atoms with Crippen molar-refractivity contribution in [1.82, 2.24) is 14.8 Å². The second-order valence-electron chi connectivity index (χ2n) is 12.7. The first-order valence-corrected chi connectivity index (χ1v) is 17.1. The number of benzene rings is 3. The molecule has 0 bridgehead atoms. The molecule has 10 nitrogen and oxygen atoms in total. The number of aliphatic imine (C=N–C) groups is 1. The van der Waals surface area contributed by atoms with Gasteiger partial charge in [0.15, 0.2) is 6.19 Å². The van der Waals surface area contributed by atoms with Gasteiger partial charge in [-0.15, -0.1) is 0 Å². The highest BCUT2D eigenvalue weighted by molar-refractivity contribution is 6.04. The predicted molar refractivity (Wildman–Crippen MR) is 196 cm³/mol. The number of hydrogen-bond acceptors (Lipinski definition) is 6. The van der Waals surface area contributed by atoms with Gasteiger partial charge in [0.25, 0.3) is 5.91 Å². The number of guanidine groups is 1. The number of carbonyl (C=O) groups is 1. The fraction of sp³-hybridized carbons (Fsp3) is 0.359. The zero-order valence-corrected chi connectivity index (χ0v) is 29.1. The molecule has 5 rings (SSSR count). The summed E-state index contributed by atoms with van der Waals surface area (Å²) in [5.74, 6) is 1.57. The lowest BCUT2D eigenvalue weighted by Gasteiger charge is -2.29. The Bertz CT molecular complexity index is 1790. The summed E-state index contributed by atoms with van der Waals surface area (Å²) in [6, 6.07) is 23.0. The van der Waals surface area contributed by atoms with E-state index in [1.54, 1.807) is 0 Å². The molecule has 0 spiro atoms. The Labute approximate surface area is 289 Å². The first-order valence-electron chi connectivity index (χ1n) is 17.1. The number of aromatic nitrogens is 1. The molecule has 0 atom stereocenters. The molecular weight excluding hydrogens is 614 g/mol. The molecule has 0 aliphatic carbocycles. The summed E-state index contributed by atoms with van der Waals surface area (Å²) >= 11 is 0. The van der Waals surface area contributed by atoms with Crippen LogP contribution < -0.4 is 20.7 Å². The highest BCUT2D eigenvalue weighted by Gasteiger charge is 2.20. The summed E-state index contributed by atoms with van der Waals surface area (Å²) in [5.41, 5.74) is 7.55. The maximum absolute atomic E-state index is 13.2. The molecule has 1 aliphatic rings. The Hall–Kier alpha value is -5.11. The molecule has 10 heteroatoms. The number of nitrogens with one attached hydrogen (secondary N) is 3. The second kappa shape index (κ2) is 16.3. The molecule has 0 saturated carbocycles. The van der Waals surface area contributed by atoms with Crippen molar-refractivity contribution >= 4 is 23.2 Å². The van der Waals surface area contributed by atoms with Gasteiger partial charge in [-0.1, -0.05) is 13.8 Å². The van der Waals surface area contributed by atoms with Gasteiger partial charge in [0.1, 0.15) is 11.5 Å². The molecule has 256 valence electrons. The minimum Gasteiger partial charge on any atom is -0.457 e. The quantitative estimate of drug-likeness (QED) is 0.0570. The molecule has 3 aromatic carbocycles. The highest BCUT2D eigenvalue weighted by atomic mass is 16.5. The van der Waals surface area contributed by atoms with Gasteiger partial charge in [0.05, 0.1) is 12.1 Å². The number of aryl methyl sites for hydroxylation is 2. The summed E-state index contributed by atoms with van der Waals surface area (Å²) in [7, 11) is 0. The smallest absolute Gasteiger partial charge is 0.255 e. The van der Waals surface area contributed by atoms with Crippen molar-refractivity contribution in [2.45, 2.75) is 79.0 Å². The van der Waals surface area contributed by atoms with Crippen molar-refractivity contribution in [2.24, 2.45) is 4.99 Å². The van der Waals surface area contributed by atoms with E-state index >= 15 is 0 Å². The Balaban J connectivity index is 1.18. The van der Waals surface area contributed by atoms with Gasteiger partial charge in [-0.25, -0.2) is 4.99 Å². The summed E-state index contributed by atoms with van der Waals surface area (Å²) in [6.07, 6.45) is 5.19. The van der Waals surface area contributed by atoms with Gasteiger partial charge in [0, 0.05) is 53.6 Å². The van der Waals surface area contributed by atoms with Gasteiger partial charge >= 0.3 is 0 Å². The van der Waals surface area contributed by atoms with Gasteiger partial charge in [-0.05, 0) is 130 Å². The van der Waals surface area contributed by atoms with Crippen molar-refractivity contribution in [2.75, 3.05) is 23.7 Å². The number of hydrogen-bond donors (Lipinski definition) is 4. The third-order valence-corrected chi connectivity index (χ3v) is 9.08. The highest BCUT2D eigenvalue weighted by Crippen LogP contribution is 2.29. The van der Waals surface area contributed by atoms with Crippen LogP contribution in [-0.4, -0.2) is 51.7 Å². The van der Waals surface area contributed by atoms with E-state index in [4.69, 9.17) is 10.00 Å². The van der Waals surface area contributed by atoms with E-state index in [1.165, 1.54) is 11.3 Å². The Morgan fingerprint density at radius 1 is 0.959 bits per heavy atom. The maximum Gasteiger partial charge on any atom is 0.255 e. The molecule has 2 heterocycles. The average Bonchev–Trinajstić information content (AvgIpc) is 3.38. The number of nitriles is 1. The minimum absolute atomic E-state index is 0.132. The number of aliphatic hydroxyl groups is 1. The number of carbonyl (C=O) groups excluding carboxylic acids is 1. The van der Waals surface area contributed by atoms with Gasteiger partial charge in [0.2, 0.25) is 5.96 Å². The first-order chi connectivity index (χ1) is 23.7. The number of rotatable bonds is 11. The van der Waals surface area contributed by atoms with E-state index < -0.39 is 0 Å². The van der Waals surface area contributed by atoms with Crippen molar-refractivity contribution in [3.8, 4) is 23.4 Å². The van der Waals surface area contributed by atoms with E-state index in [1.807, 2.05) is 79.8 Å². The molecule has 1 saturated heterocycles. The zero-order valence-electron chi connectivity index (χ0n) is 29.1. The number of likely N-dealkylation sites (tertiary alicyclic amines) is 1. The van der Waals surface area contributed by atoms with E-state index in [2.05, 4.69) is 64.2 Å². The van der Waals surface area contributed by atoms with Crippen LogP contribution in [0.2, 0.25) is 0 Å². The monoisotopic (exact) mass is 661 g/mol. The molecule has 1 fully saturated rings. The van der Waals surface area contributed by atoms with Crippen LogP contribution in [0, 0.1) is 32.2 Å². The van der Waals surface area contributed by atoms with Crippen LogP contribution >= 0.6 is 0 Å². The summed E-state index contributed by atoms with van der Waals surface area (Å²) in [5, 5.41) is 27.8. The number of ether oxygens (including phenoxy) is 1. The van der Waals surface area contributed by atoms with Crippen LogP contribution in [0.1, 0.15) is 72.4 Å². The molecule has 1 amide bonds. The van der Waals surface area contributed by atoms with E-state index in [0.29, 0.717) is 28.7 Å². The van der Waals surface area contributed by atoms with Crippen LogP contribution in [0.15, 0.2) is 77.8 Å². The van der Waals surface area contributed by atoms with Crippen molar-refractivity contribution in [1.29, 1.82) is 5.26 Å². The third kappa shape index (κ3) is 9.08. The van der Waals surface area contributed by atoms with Crippen molar-refractivity contribution in [3.05, 3.63) is 101 Å². The summed E-state index contributed by atoms with van der Waals surface area (Å²) in [6.45, 7) is 13.0. The van der Waals surface area contributed by atoms with Crippen LogP contribution in [0.25, 0.3) is 5.69 Å². The molecule has 1 aromatic heterocycles. The lowest BCUT2D eigenvalue weighted by molar-refractivity contribution is 0.0791. The molecule has 49 heavy (non-hydrogen) atoms. The lowest BCUT2D eigenvalue weighted by atomic mass is 10.1. The van der Waals surface area contributed by atoms with E-state index in [-0.39, 0.29) is 18.1 Å². The normalized spacial score (nSPS) is 14.0. The van der Waals surface area contributed by atoms with Gasteiger partial charge in [-0.3, -0.25) is 15.0 Å². The lowest BCUT2D eigenvalue weighted by Crippen LogP contribution is -2.35. The Morgan fingerprint density at radius 3 is 2.27 bits per heavy atom. The van der Waals surface area contributed by atoms with Crippen molar-refractivity contribution < 1.29 is 14.6 Å². The fourth-order valence-electron chi connectivity index (χ4n) is 6.18. The molecule has 1 aliphatic heterocycles. The number of piperidine rings is 1. The Kier molecular flexibility index (Phi) is 11.7. The SMILES string of the molecule is CCC(CC)N=C(NC#N)Nc1ccc(Oc2ccc(NC(=O)c3ccc(-n4c(C)cc(CN5CCC(O)CC5)c4C)cc3)cc2C)cc1. The number of amides is 1. The van der Waals surface area contributed by atoms with Crippen LogP contribution in [0.4, 0.5) is 11.4 Å². The fourth-order valence-corrected chi connectivity index (χ4v) is 6.18. The topological polar surface area (TPSA) is 127 Å². The maximum atomic E-state index is 13.2. The Morgan fingerprint density at radius 2 is 1.63 bits per heavy atom. The number of nitrogens with zero attached hydrogens (tertiary/aromatic N) is 4. The average molecular weight is 662 g/mol. The second-order valence-corrected chi connectivity index (χ2v) is 12.7. The standard InChI is InChI=1S/C39H47N7O3/c1-6-31(7-2)43-39(41-25-40)44-32-10-15-36(16-11-32)49-37-17-12-33(22-26(37)3)42-38(48)29-8-13-34(14-9-29)46-27(4)23-30(28(46)5)24-45-20-18-35(47)19-21-45/h8-17,22-23,31,35,47H,6-7,18-21,24H2,1-5H3,(H,42,48)(H2,41,43,44). The predicted octanol–water partition coefficient (Wildman–Crippen LogP) is 7.43. The molecular formula is C39H47N7O3. The molecule has 4 aromatic rings. The van der Waals surface area contributed by atoms with Crippen LogP contribution in [0.3, 0.4) is 0 Å². The van der Waals surface area contributed by atoms with Crippen molar-refractivity contribution in [3.63, 3.8) is 0 Å². The summed E-state index contributed by atoms with van der Waals surface area (Å²) < 4.78 is 8.36. The van der Waals surface area contributed by atoms with Gasteiger partial charge in [-0.2, -0.15) is 5.26 Å². The van der Waals surface area contributed by atoms with Crippen LogP contribution in [-0.2, 0) is 6.54 Å². The number of aliphatic hydroxyl groups excluding tert-OH is 1. The first kappa shape index (κ1) is 35.2. The summed E-state index contributed by atoms with van der Waals surface area (Å²) in [4.78, 5) is 20.2. The minimum atomic E-state index is -0.186. The van der Waals surface area contributed by atoms with E-state index in [9.17, 15) is 9.90 Å². The molecule has 0 radical (unpaired) electrons. The molecule has 4 N–H and O–H groups in total. The van der Waals surface area contributed by atoms with E-state index in [0.717, 1.165) is 67.9 Å². The largest absolute Gasteiger partial charge is 0.457 e.